The standard InChI is InChI=1S/C16H18FNO/c1-12(2)18-11-13-5-3-4-6-16(13)19-15-9-7-14(17)8-10-15/h3-10,12,18H,11H2,1-2H3. The van der Waals surface area contributed by atoms with Gasteiger partial charge in [0.15, 0.2) is 0 Å². The van der Waals surface area contributed by atoms with Gasteiger partial charge in [-0.25, -0.2) is 4.39 Å². The predicted molar refractivity (Wildman–Crippen MR) is 74.9 cm³/mol. The maximum Gasteiger partial charge on any atom is 0.131 e. The van der Waals surface area contributed by atoms with Crippen molar-refractivity contribution in [3.63, 3.8) is 0 Å². The van der Waals surface area contributed by atoms with Crippen LogP contribution in [0.5, 0.6) is 11.5 Å². The van der Waals surface area contributed by atoms with Crippen molar-refractivity contribution in [3.8, 4) is 11.5 Å². The van der Waals surface area contributed by atoms with E-state index in [1.54, 1.807) is 12.1 Å². The molecule has 0 aliphatic rings. The van der Waals surface area contributed by atoms with Crippen LogP contribution in [-0.4, -0.2) is 6.04 Å². The molecule has 0 aliphatic carbocycles. The Bertz CT molecular complexity index is 523. The first-order chi connectivity index (χ1) is 9.15. The van der Waals surface area contributed by atoms with Gasteiger partial charge in [-0.1, -0.05) is 32.0 Å². The molecule has 0 heterocycles. The van der Waals surface area contributed by atoms with Crippen LogP contribution >= 0.6 is 0 Å². The number of para-hydroxylation sites is 1. The van der Waals surface area contributed by atoms with Crippen LogP contribution in [-0.2, 0) is 6.54 Å². The van der Waals surface area contributed by atoms with Crippen molar-refractivity contribution in [2.75, 3.05) is 0 Å². The molecule has 0 atom stereocenters. The first kappa shape index (κ1) is 13.6. The van der Waals surface area contributed by atoms with Crippen LogP contribution in [0, 0.1) is 5.82 Å². The van der Waals surface area contributed by atoms with Gasteiger partial charge in [0.25, 0.3) is 0 Å². The molecule has 2 nitrogen and oxygen atoms in total. The third-order valence-electron chi connectivity index (χ3n) is 2.71. The van der Waals surface area contributed by atoms with Gasteiger partial charge >= 0.3 is 0 Å². The molecule has 0 fully saturated rings. The summed E-state index contributed by atoms with van der Waals surface area (Å²) in [7, 11) is 0. The van der Waals surface area contributed by atoms with Crippen molar-refractivity contribution in [3.05, 3.63) is 59.9 Å². The average molecular weight is 259 g/mol. The van der Waals surface area contributed by atoms with Crippen molar-refractivity contribution in [1.82, 2.24) is 5.32 Å². The van der Waals surface area contributed by atoms with Crippen LogP contribution in [0.4, 0.5) is 4.39 Å². The van der Waals surface area contributed by atoms with Crippen molar-refractivity contribution in [2.45, 2.75) is 26.4 Å². The molecule has 0 unspecified atom stereocenters. The molecule has 2 aromatic carbocycles. The highest BCUT2D eigenvalue weighted by Crippen LogP contribution is 2.25. The second kappa shape index (κ2) is 6.34. The van der Waals surface area contributed by atoms with Gasteiger partial charge in [-0.2, -0.15) is 0 Å². The summed E-state index contributed by atoms with van der Waals surface area (Å²) in [4.78, 5) is 0. The number of benzene rings is 2. The Morgan fingerprint density at radius 1 is 1.05 bits per heavy atom. The highest BCUT2D eigenvalue weighted by atomic mass is 19.1. The van der Waals surface area contributed by atoms with E-state index in [2.05, 4.69) is 19.2 Å². The molecule has 0 radical (unpaired) electrons. The lowest BCUT2D eigenvalue weighted by atomic mass is 10.2. The Labute approximate surface area is 113 Å². The molecule has 0 bridgehead atoms. The van der Waals surface area contributed by atoms with Gasteiger partial charge in [0.2, 0.25) is 0 Å². The smallest absolute Gasteiger partial charge is 0.131 e. The number of halogens is 1. The monoisotopic (exact) mass is 259 g/mol. The van der Waals surface area contributed by atoms with E-state index in [4.69, 9.17) is 4.74 Å². The maximum absolute atomic E-state index is 12.8. The maximum atomic E-state index is 12.8. The van der Waals surface area contributed by atoms with Crippen LogP contribution < -0.4 is 10.1 Å². The second-order valence-corrected chi connectivity index (χ2v) is 4.70. The van der Waals surface area contributed by atoms with Gasteiger partial charge in [-0.15, -0.1) is 0 Å². The predicted octanol–water partition coefficient (Wildman–Crippen LogP) is 4.12. The summed E-state index contributed by atoms with van der Waals surface area (Å²) in [5, 5.41) is 3.36. The fourth-order valence-corrected chi connectivity index (χ4v) is 1.69. The minimum absolute atomic E-state index is 0.262. The van der Waals surface area contributed by atoms with Crippen molar-refractivity contribution >= 4 is 0 Å². The zero-order valence-electron chi connectivity index (χ0n) is 11.2. The van der Waals surface area contributed by atoms with Crippen LogP contribution in [0.1, 0.15) is 19.4 Å². The summed E-state index contributed by atoms with van der Waals surface area (Å²) in [6, 6.07) is 14.3. The van der Waals surface area contributed by atoms with Crippen molar-refractivity contribution < 1.29 is 9.13 Å². The first-order valence-corrected chi connectivity index (χ1v) is 6.40. The molecule has 0 saturated carbocycles. The fourth-order valence-electron chi connectivity index (χ4n) is 1.69. The van der Waals surface area contributed by atoms with Crippen LogP contribution in [0.15, 0.2) is 48.5 Å². The van der Waals surface area contributed by atoms with E-state index < -0.39 is 0 Å². The summed E-state index contributed by atoms with van der Waals surface area (Å²) >= 11 is 0. The highest BCUT2D eigenvalue weighted by Gasteiger charge is 2.05. The normalized spacial score (nSPS) is 10.7. The SMILES string of the molecule is CC(C)NCc1ccccc1Oc1ccc(F)cc1. The third-order valence-corrected chi connectivity index (χ3v) is 2.71. The molecule has 0 saturated heterocycles. The lowest BCUT2D eigenvalue weighted by Crippen LogP contribution is -2.22. The Balaban J connectivity index is 2.13. The average Bonchev–Trinajstić information content (AvgIpc) is 2.40. The zero-order valence-corrected chi connectivity index (χ0v) is 11.2. The fraction of sp³-hybridized carbons (Fsp3) is 0.250. The quantitative estimate of drug-likeness (QED) is 0.872. The second-order valence-electron chi connectivity index (χ2n) is 4.70. The van der Waals surface area contributed by atoms with E-state index in [1.165, 1.54) is 12.1 Å². The summed E-state index contributed by atoms with van der Waals surface area (Å²) < 4.78 is 18.6. The molecule has 0 aromatic heterocycles. The number of ether oxygens (including phenoxy) is 1. The molecule has 100 valence electrons. The molecule has 0 aliphatic heterocycles. The van der Waals surface area contributed by atoms with Gasteiger partial charge in [0.05, 0.1) is 0 Å². The Morgan fingerprint density at radius 2 is 1.74 bits per heavy atom. The lowest BCUT2D eigenvalue weighted by Gasteiger charge is -2.13. The first-order valence-electron chi connectivity index (χ1n) is 6.40. The highest BCUT2D eigenvalue weighted by molar-refractivity contribution is 5.37. The van der Waals surface area contributed by atoms with E-state index in [0.29, 0.717) is 11.8 Å². The topological polar surface area (TPSA) is 21.3 Å². The van der Waals surface area contributed by atoms with Crippen LogP contribution in [0.2, 0.25) is 0 Å². The number of hydrogen-bond acceptors (Lipinski definition) is 2. The Morgan fingerprint density at radius 3 is 2.42 bits per heavy atom. The Kier molecular flexibility index (Phi) is 4.53. The number of nitrogens with one attached hydrogen (secondary N) is 1. The minimum atomic E-state index is -0.262. The van der Waals surface area contributed by atoms with Crippen LogP contribution in [0.3, 0.4) is 0 Å². The van der Waals surface area contributed by atoms with Crippen molar-refractivity contribution in [1.29, 1.82) is 0 Å². The van der Waals surface area contributed by atoms with Crippen molar-refractivity contribution in [2.24, 2.45) is 0 Å². The molecular weight excluding hydrogens is 241 g/mol. The molecular formula is C16H18FNO. The molecule has 3 heteroatoms. The van der Waals surface area contributed by atoms with E-state index in [0.717, 1.165) is 17.9 Å². The van der Waals surface area contributed by atoms with Gasteiger partial charge in [-0.05, 0) is 30.3 Å². The molecule has 19 heavy (non-hydrogen) atoms. The minimum Gasteiger partial charge on any atom is -0.457 e. The Hall–Kier alpha value is -1.87. The lowest BCUT2D eigenvalue weighted by molar-refractivity contribution is 0.468. The molecule has 1 N–H and O–H groups in total. The molecule has 0 spiro atoms. The number of rotatable bonds is 5. The van der Waals surface area contributed by atoms with E-state index in [1.807, 2.05) is 24.3 Å². The summed E-state index contributed by atoms with van der Waals surface area (Å²) in [6.07, 6.45) is 0. The third kappa shape index (κ3) is 4.07. The van der Waals surface area contributed by atoms with Gasteiger partial charge in [-0.3, -0.25) is 0 Å². The van der Waals surface area contributed by atoms with E-state index in [9.17, 15) is 4.39 Å². The summed E-state index contributed by atoms with van der Waals surface area (Å²) in [5.74, 6) is 1.17. The molecule has 0 amide bonds. The van der Waals surface area contributed by atoms with Gasteiger partial charge in [0, 0.05) is 18.2 Å². The zero-order chi connectivity index (χ0) is 13.7. The van der Waals surface area contributed by atoms with Gasteiger partial charge in [0.1, 0.15) is 17.3 Å². The van der Waals surface area contributed by atoms with E-state index >= 15 is 0 Å². The van der Waals surface area contributed by atoms with Crippen LogP contribution in [0.25, 0.3) is 0 Å². The van der Waals surface area contributed by atoms with E-state index in [-0.39, 0.29) is 5.82 Å². The number of hydrogen-bond donors (Lipinski definition) is 1. The van der Waals surface area contributed by atoms with Gasteiger partial charge < -0.3 is 10.1 Å². The summed E-state index contributed by atoms with van der Waals surface area (Å²) in [5.41, 5.74) is 1.08. The largest absolute Gasteiger partial charge is 0.457 e. The molecule has 2 aromatic rings. The summed E-state index contributed by atoms with van der Waals surface area (Å²) in [6.45, 7) is 4.95. The molecule has 2 rings (SSSR count).